The number of hydrogen-bond acceptors (Lipinski definition) is 2. The Bertz CT molecular complexity index is 476. The van der Waals surface area contributed by atoms with Crippen molar-refractivity contribution < 1.29 is 0 Å². The Labute approximate surface area is 123 Å². The second-order valence-corrected chi connectivity index (χ2v) is 7.11. The van der Waals surface area contributed by atoms with Crippen LogP contribution in [0.5, 0.6) is 0 Å². The van der Waals surface area contributed by atoms with Crippen LogP contribution in [0.15, 0.2) is 18.2 Å². The van der Waals surface area contributed by atoms with Gasteiger partial charge in [-0.1, -0.05) is 31.5 Å². The maximum absolute atomic E-state index is 3.80. The highest BCUT2D eigenvalue weighted by Crippen LogP contribution is 2.36. The number of rotatable bonds is 3. The summed E-state index contributed by atoms with van der Waals surface area (Å²) < 4.78 is 0. The molecular weight excluding hydrogens is 244 g/mol. The first kappa shape index (κ1) is 13.9. The van der Waals surface area contributed by atoms with Crippen LogP contribution in [0.25, 0.3) is 0 Å². The molecule has 0 spiro atoms. The van der Waals surface area contributed by atoms with Gasteiger partial charge in [0.1, 0.15) is 0 Å². The fraction of sp³-hybridized carbons (Fsp3) is 0.667. The minimum absolute atomic E-state index is 0.617. The Hall–Kier alpha value is -1.02. The van der Waals surface area contributed by atoms with Crippen molar-refractivity contribution >= 4 is 5.69 Å². The Morgan fingerprint density at radius 1 is 1.20 bits per heavy atom. The smallest absolute Gasteiger partial charge is 0.0438 e. The highest BCUT2D eigenvalue weighted by atomic mass is 15.2. The number of aryl methyl sites for hydroxylation is 2. The summed E-state index contributed by atoms with van der Waals surface area (Å²) in [5.74, 6) is 1.61. The van der Waals surface area contributed by atoms with Gasteiger partial charge in [-0.05, 0) is 50.2 Å². The molecule has 2 atom stereocenters. The van der Waals surface area contributed by atoms with Crippen molar-refractivity contribution in [2.45, 2.75) is 52.6 Å². The van der Waals surface area contributed by atoms with Gasteiger partial charge < -0.3 is 10.2 Å². The zero-order chi connectivity index (χ0) is 14.3. The molecule has 110 valence electrons. The van der Waals surface area contributed by atoms with E-state index in [1.807, 2.05) is 0 Å². The largest absolute Gasteiger partial charge is 0.365 e. The molecule has 1 aliphatic carbocycles. The van der Waals surface area contributed by atoms with Crippen LogP contribution in [0.1, 0.15) is 37.8 Å². The van der Waals surface area contributed by atoms with Gasteiger partial charge in [-0.2, -0.15) is 0 Å². The molecule has 2 heteroatoms. The van der Waals surface area contributed by atoms with Crippen LogP contribution in [-0.2, 0) is 0 Å². The lowest BCUT2D eigenvalue weighted by Gasteiger charge is -2.44. The third-order valence-electron chi connectivity index (χ3n) is 5.01. The summed E-state index contributed by atoms with van der Waals surface area (Å²) in [7, 11) is 0. The van der Waals surface area contributed by atoms with Crippen molar-refractivity contribution in [2.75, 3.05) is 18.0 Å². The molecule has 1 heterocycles. The molecule has 0 amide bonds. The molecule has 1 aliphatic heterocycles. The average Bonchev–Trinajstić information content (AvgIpc) is 3.22. The minimum Gasteiger partial charge on any atom is -0.365 e. The molecule has 20 heavy (non-hydrogen) atoms. The molecule has 1 saturated heterocycles. The summed E-state index contributed by atoms with van der Waals surface area (Å²) >= 11 is 0. The first-order valence-electron chi connectivity index (χ1n) is 8.13. The molecule has 2 fully saturated rings. The predicted molar refractivity (Wildman–Crippen MR) is 86.4 cm³/mol. The van der Waals surface area contributed by atoms with Crippen LogP contribution < -0.4 is 10.2 Å². The Morgan fingerprint density at radius 3 is 2.55 bits per heavy atom. The molecule has 1 aromatic carbocycles. The van der Waals surface area contributed by atoms with Crippen LogP contribution in [0.4, 0.5) is 5.69 Å². The highest BCUT2D eigenvalue weighted by Gasteiger charge is 2.38. The van der Waals surface area contributed by atoms with Crippen molar-refractivity contribution in [3.8, 4) is 0 Å². The fourth-order valence-electron chi connectivity index (χ4n) is 3.61. The van der Waals surface area contributed by atoms with E-state index in [-0.39, 0.29) is 0 Å². The molecule has 2 aliphatic rings. The average molecular weight is 272 g/mol. The van der Waals surface area contributed by atoms with Gasteiger partial charge >= 0.3 is 0 Å². The molecular formula is C18H28N2. The lowest BCUT2D eigenvalue weighted by Crippen LogP contribution is -2.59. The molecule has 1 saturated carbocycles. The molecule has 0 aromatic heterocycles. The Kier molecular flexibility index (Phi) is 3.76. The SMILES string of the molecule is Cc1ccc(N2CC(C3CC3)NCC2C(C)C)c(C)c1. The van der Waals surface area contributed by atoms with Gasteiger partial charge in [-0.15, -0.1) is 0 Å². The van der Waals surface area contributed by atoms with Gasteiger partial charge in [0.2, 0.25) is 0 Å². The van der Waals surface area contributed by atoms with Gasteiger partial charge in [-0.3, -0.25) is 0 Å². The van der Waals surface area contributed by atoms with Gasteiger partial charge in [0.15, 0.2) is 0 Å². The van der Waals surface area contributed by atoms with Gasteiger partial charge in [0, 0.05) is 30.9 Å². The molecule has 2 unspecified atom stereocenters. The van der Waals surface area contributed by atoms with E-state index >= 15 is 0 Å². The van der Waals surface area contributed by atoms with E-state index in [2.05, 4.69) is 56.1 Å². The summed E-state index contributed by atoms with van der Waals surface area (Å²) in [6, 6.07) is 8.22. The topological polar surface area (TPSA) is 15.3 Å². The van der Waals surface area contributed by atoms with Crippen LogP contribution in [0.2, 0.25) is 0 Å². The number of nitrogens with zero attached hydrogens (tertiary/aromatic N) is 1. The monoisotopic (exact) mass is 272 g/mol. The molecule has 0 bridgehead atoms. The van der Waals surface area contributed by atoms with Crippen molar-refractivity contribution in [2.24, 2.45) is 11.8 Å². The van der Waals surface area contributed by atoms with Crippen LogP contribution in [0.3, 0.4) is 0 Å². The summed E-state index contributed by atoms with van der Waals surface area (Å²) in [6.07, 6.45) is 2.84. The van der Waals surface area contributed by atoms with Crippen molar-refractivity contribution in [1.29, 1.82) is 0 Å². The predicted octanol–water partition coefficient (Wildman–Crippen LogP) is 3.52. The van der Waals surface area contributed by atoms with E-state index in [0.29, 0.717) is 18.0 Å². The zero-order valence-electron chi connectivity index (χ0n) is 13.3. The normalized spacial score (nSPS) is 27.1. The Balaban J connectivity index is 1.87. The van der Waals surface area contributed by atoms with E-state index in [1.165, 1.54) is 36.2 Å². The number of piperazine rings is 1. The minimum atomic E-state index is 0.617. The quantitative estimate of drug-likeness (QED) is 0.906. The second kappa shape index (κ2) is 5.40. The maximum Gasteiger partial charge on any atom is 0.0438 e. The lowest BCUT2D eigenvalue weighted by molar-refractivity contribution is 0.320. The number of nitrogens with one attached hydrogen (secondary N) is 1. The van der Waals surface area contributed by atoms with Crippen molar-refractivity contribution in [3.63, 3.8) is 0 Å². The third-order valence-corrected chi connectivity index (χ3v) is 5.01. The maximum atomic E-state index is 3.80. The number of hydrogen-bond donors (Lipinski definition) is 1. The van der Waals surface area contributed by atoms with Gasteiger partial charge in [-0.25, -0.2) is 0 Å². The van der Waals surface area contributed by atoms with Crippen LogP contribution >= 0.6 is 0 Å². The van der Waals surface area contributed by atoms with Gasteiger partial charge in [0.05, 0.1) is 0 Å². The van der Waals surface area contributed by atoms with Crippen LogP contribution in [0, 0.1) is 25.7 Å². The summed E-state index contributed by atoms with van der Waals surface area (Å²) in [5, 5.41) is 3.80. The fourth-order valence-corrected chi connectivity index (χ4v) is 3.61. The first-order valence-corrected chi connectivity index (χ1v) is 8.13. The van der Waals surface area contributed by atoms with E-state index in [0.717, 1.165) is 12.5 Å². The molecule has 3 rings (SSSR count). The highest BCUT2D eigenvalue weighted by molar-refractivity contribution is 5.56. The van der Waals surface area contributed by atoms with Crippen LogP contribution in [-0.4, -0.2) is 25.2 Å². The van der Waals surface area contributed by atoms with E-state index in [4.69, 9.17) is 0 Å². The number of anilines is 1. The molecule has 0 radical (unpaired) electrons. The summed E-state index contributed by atoms with van der Waals surface area (Å²) in [5.41, 5.74) is 4.23. The van der Waals surface area contributed by atoms with Crippen molar-refractivity contribution in [1.82, 2.24) is 5.32 Å². The van der Waals surface area contributed by atoms with Crippen molar-refractivity contribution in [3.05, 3.63) is 29.3 Å². The third kappa shape index (κ3) is 2.71. The van der Waals surface area contributed by atoms with E-state index < -0.39 is 0 Å². The summed E-state index contributed by atoms with van der Waals surface area (Å²) in [6.45, 7) is 11.4. The Morgan fingerprint density at radius 2 is 1.95 bits per heavy atom. The van der Waals surface area contributed by atoms with E-state index in [1.54, 1.807) is 0 Å². The second-order valence-electron chi connectivity index (χ2n) is 7.11. The summed E-state index contributed by atoms with van der Waals surface area (Å²) in [4.78, 5) is 2.68. The standard InChI is InChI=1S/C18H28N2/c1-12(2)18-10-19-16(15-6-7-15)11-20(18)17-8-5-13(3)9-14(17)4/h5,8-9,12,15-16,18-19H,6-7,10-11H2,1-4H3. The molecule has 1 aromatic rings. The lowest BCUT2D eigenvalue weighted by atomic mass is 9.95. The van der Waals surface area contributed by atoms with Gasteiger partial charge in [0.25, 0.3) is 0 Å². The first-order chi connectivity index (χ1) is 9.56. The zero-order valence-corrected chi connectivity index (χ0v) is 13.3. The number of benzene rings is 1. The molecule has 2 nitrogen and oxygen atoms in total. The molecule has 1 N–H and O–H groups in total. The van der Waals surface area contributed by atoms with E-state index in [9.17, 15) is 0 Å².